The lowest BCUT2D eigenvalue weighted by Crippen LogP contribution is -1.97. The van der Waals surface area contributed by atoms with Gasteiger partial charge in [0.15, 0.2) is 3.77 Å². The summed E-state index contributed by atoms with van der Waals surface area (Å²) in [5.41, 5.74) is 0.751. The number of rotatable bonds is 3. The van der Waals surface area contributed by atoms with Crippen LogP contribution in [0.3, 0.4) is 0 Å². The first-order chi connectivity index (χ1) is 7.24. The third kappa shape index (κ3) is 2.95. The lowest BCUT2D eigenvalue weighted by molar-refractivity contribution is 0.493. The molecule has 0 atom stereocenters. The highest BCUT2D eigenvalue weighted by atomic mass is 127. The molecule has 0 aliphatic rings. The molecule has 2 nitrogen and oxygen atoms in total. The minimum Gasteiger partial charge on any atom is -0.454 e. The third-order valence-electron chi connectivity index (χ3n) is 1.92. The molecule has 1 heterocycles. The van der Waals surface area contributed by atoms with Crippen molar-refractivity contribution in [2.75, 3.05) is 5.32 Å². The Morgan fingerprint density at radius 3 is 2.80 bits per heavy atom. The fraction of sp³-hybridized carbons (Fsp3) is 0.0909. The van der Waals surface area contributed by atoms with Crippen LogP contribution in [0.2, 0.25) is 0 Å². The lowest BCUT2D eigenvalue weighted by atomic mass is 10.3. The van der Waals surface area contributed by atoms with Gasteiger partial charge in [0.1, 0.15) is 11.6 Å². The van der Waals surface area contributed by atoms with E-state index in [1.807, 2.05) is 18.2 Å². The minimum atomic E-state index is -0.242. The summed E-state index contributed by atoms with van der Waals surface area (Å²) in [5, 5.41) is 3.08. The molecule has 0 fully saturated rings. The molecule has 78 valence electrons. The number of hydrogen-bond donors (Lipinski definition) is 1. The second-order valence-electron chi connectivity index (χ2n) is 3.07. The Kier molecular flexibility index (Phi) is 3.25. The summed E-state index contributed by atoms with van der Waals surface area (Å²) in [6.07, 6.45) is 0. The maximum absolute atomic E-state index is 12.8. The molecule has 1 aromatic heterocycles. The van der Waals surface area contributed by atoms with E-state index in [-0.39, 0.29) is 5.82 Å². The summed E-state index contributed by atoms with van der Waals surface area (Å²) < 4.78 is 19.0. The molecule has 1 aromatic carbocycles. The first-order valence-electron chi connectivity index (χ1n) is 4.48. The molecule has 15 heavy (non-hydrogen) atoms. The SMILES string of the molecule is Fc1cccc(NCc2ccc(I)o2)c1. The standard InChI is InChI=1S/C11H9FINO/c12-8-2-1-3-9(6-8)14-7-10-4-5-11(13)15-10/h1-6,14H,7H2. The molecule has 0 radical (unpaired) electrons. The Labute approximate surface area is 101 Å². The number of furan rings is 1. The number of anilines is 1. The zero-order chi connectivity index (χ0) is 10.7. The first-order valence-corrected chi connectivity index (χ1v) is 5.55. The van der Waals surface area contributed by atoms with Crippen molar-refractivity contribution in [2.24, 2.45) is 0 Å². The topological polar surface area (TPSA) is 25.2 Å². The molecule has 0 spiro atoms. The average Bonchev–Trinajstić information content (AvgIpc) is 2.62. The molecule has 2 rings (SSSR count). The van der Waals surface area contributed by atoms with Gasteiger partial charge in [-0.05, 0) is 52.9 Å². The van der Waals surface area contributed by atoms with Crippen LogP contribution in [0.25, 0.3) is 0 Å². The molecule has 0 unspecified atom stereocenters. The second-order valence-corrected chi connectivity index (χ2v) is 4.13. The quantitative estimate of drug-likeness (QED) is 0.875. The van der Waals surface area contributed by atoms with E-state index in [2.05, 4.69) is 27.9 Å². The van der Waals surface area contributed by atoms with E-state index in [0.29, 0.717) is 6.54 Å². The molecule has 2 aromatic rings. The maximum Gasteiger partial charge on any atom is 0.164 e. The van der Waals surface area contributed by atoms with E-state index in [4.69, 9.17) is 4.42 Å². The van der Waals surface area contributed by atoms with Gasteiger partial charge >= 0.3 is 0 Å². The molecule has 0 saturated heterocycles. The molecule has 0 saturated carbocycles. The van der Waals surface area contributed by atoms with Crippen LogP contribution < -0.4 is 5.32 Å². The van der Waals surface area contributed by atoms with Crippen molar-refractivity contribution in [1.82, 2.24) is 0 Å². The van der Waals surface area contributed by atoms with Crippen molar-refractivity contribution in [3.63, 3.8) is 0 Å². The van der Waals surface area contributed by atoms with Crippen molar-refractivity contribution in [2.45, 2.75) is 6.54 Å². The van der Waals surface area contributed by atoms with Crippen molar-refractivity contribution < 1.29 is 8.81 Å². The third-order valence-corrected chi connectivity index (χ3v) is 2.50. The maximum atomic E-state index is 12.8. The van der Waals surface area contributed by atoms with Gasteiger partial charge in [0.05, 0.1) is 6.54 Å². The van der Waals surface area contributed by atoms with E-state index in [1.165, 1.54) is 12.1 Å². The largest absolute Gasteiger partial charge is 0.454 e. The van der Waals surface area contributed by atoms with E-state index < -0.39 is 0 Å². The Hall–Kier alpha value is -1.04. The van der Waals surface area contributed by atoms with Crippen molar-refractivity contribution >= 4 is 28.3 Å². The van der Waals surface area contributed by atoms with Crippen LogP contribution in [0.15, 0.2) is 40.8 Å². The van der Waals surface area contributed by atoms with Crippen LogP contribution in [0.4, 0.5) is 10.1 Å². The normalized spacial score (nSPS) is 10.3. The molecule has 1 N–H and O–H groups in total. The summed E-state index contributed by atoms with van der Waals surface area (Å²) in [7, 11) is 0. The fourth-order valence-corrected chi connectivity index (χ4v) is 1.70. The van der Waals surface area contributed by atoms with Gasteiger partial charge in [-0.15, -0.1) is 0 Å². The number of benzene rings is 1. The summed E-state index contributed by atoms with van der Waals surface area (Å²) in [5.74, 6) is 0.595. The van der Waals surface area contributed by atoms with Crippen LogP contribution in [0, 0.1) is 9.58 Å². The van der Waals surface area contributed by atoms with Gasteiger partial charge in [0.25, 0.3) is 0 Å². The highest BCUT2D eigenvalue weighted by Crippen LogP contribution is 2.13. The molecule has 0 bridgehead atoms. The van der Waals surface area contributed by atoms with Gasteiger partial charge in [0, 0.05) is 5.69 Å². The van der Waals surface area contributed by atoms with Gasteiger partial charge in [0.2, 0.25) is 0 Å². The van der Waals surface area contributed by atoms with E-state index in [0.717, 1.165) is 15.2 Å². The smallest absolute Gasteiger partial charge is 0.164 e. The van der Waals surface area contributed by atoms with Gasteiger partial charge in [-0.3, -0.25) is 0 Å². The molecule has 0 aliphatic heterocycles. The van der Waals surface area contributed by atoms with Gasteiger partial charge in [-0.25, -0.2) is 4.39 Å². The van der Waals surface area contributed by atoms with Crippen LogP contribution in [-0.4, -0.2) is 0 Å². The van der Waals surface area contributed by atoms with E-state index in [1.54, 1.807) is 6.07 Å². The predicted octanol–water partition coefficient (Wildman–Crippen LogP) is 3.64. The second kappa shape index (κ2) is 4.65. The highest BCUT2D eigenvalue weighted by molar-refractivity contribution is 14.1. The predicted molar refractivity (Wildman–Crippen MR) is 65.2 cm³/mol. The van der Waals surface area contributed by atoms with Gasteiger partial charge in [-0.1, -0.05) is 6.07 Å². The number of hydrogen-bond acceptors (Lipinski definition) is 2. The van der Waals surface area contributed by atoms with Crippen molar-refractivity contribution in [3.05, 3.63) is 51.7 Å². The summed E-state index contributed by atoms with van der Waals surface area (Å²) in [6, 6.07) is 10.1. The van der Waals surface area contributed by atoms with Crippen LogP contribution >= 0.6 is 22.6 Å². The van der Waals surface area contributed by atoms with Crippen molar-refractivity contribution in [1.29, 1.82) is 0 Å². The molecular formula is C11H9FINO. The molecule has 0 aliphatic carbocycles. The van der Waals surface area contributed by atoms with Crippen molar-refractivity contribution in [3.8, 4) is 0 Å². The molecular weight excluding hydrogens is 308 g/mol. The fourth-order valence-electron chi connectivity index (χ4n) is 1.23. The first kappa shape index (κ1) is 10.5. The van der Waals surface area contributed by atoms with E-state index >= 15 is 0 Å². The Morgan fingerprint density at radius 1 is 1.27 bits per heavy atom. The van der Waals surface area contributed by atoms with Crippen LogP contribution in [0.5, 0.6) is 0 Å². The van der Waals surface area contributed by atoms with Crippen LogP contribution in [-0.2, 0) is 6.54 Å². The minimum absolute atomic E-state index is 0.242. The monoisotopic (exact) mass is 317 g/mol. The summed E-state index contributed by atoms with van der Waals surface area (Å²) in [6.45, 7) is 0.562. The Bertz CT molecular complexity index is 455. The lowest BCUT2D eigenvalue weighted by Gasteiger charge is -2.03. The van der Waals surface area contributed by atoms with Gasteiger partial charge in [-0.2, -0.15) is 0 Å². The number of nitrogens with one attached hydrogen (secondary N) is 1. The molecule has 0 amide bonds. The zero-order valence-electron chi connectivity index (χ0n) is 7.84. The Balaban J connectivity index is 1.99. The number of halogens is 2. The average molecular weight is 317 g/mol. The molecule has 4 heteroatoms. The van der Waals surface area contributed by atoms with E-state index in [9.17, 15) is 4.39 Å². The van der Waals surface area contributed by atoms with Crippen LogP contribution in [0.1, 0.15) is 5.76 Å². The summed E-state index contributed by atoms with van der Waals surface area (Å²) in [4.78, 5) is 0. The highest BCUT2D eigenvalue weighted by Gasteiger charge is 1.99. The summed E-state index contributed by atoms with van der Waals surface area (Å²) >= 11 is 2.11. The van der Waals surface area contributed by atoms with Gasteiger partial charge < -0.3 is 9.73 Å². The zero-order valence-corrected chi connectivity index (χ0v) is 9.99. The Morgan fingerprint density at radius 2 is 2.13 bits per heavy atom.